The molecule has 0 radical (unpaired) electrons. The summed E-state index contributed by atoms with van der Waals surface area (Å²) in [5.74, 6) is 1.02. The predicted molar refractivity (Wildman–Crippen MR) is 93.5 cm³/mol. The zero-order valence-corrected chi connectivity index (χ0v) is 14.7. The highest BCUT2D eigenvalue weighted by Crippen LogP contribution is 2.36. The monoisotopic (exact) mass is 304 g/mol. The smallest absolute Gasteiger partial charge is 0.123 e. The van der Waals surface area contributed by atoms with E-state index < -0.39 is 0 Å². The highest BCUT2D eigenvalue weighted by Gasteiger charge is 2.26. The number of nitrogens with zero attached hydrogens (tertiary/aromatic N) is 1. The Hall–Kier alpha value is -1.06. The molecule has 1 aromatic carbocycles. The minimum Gasteiger partial charge on any atom is -0.494 e. The van der Waals surface area contributed by atoms with Gasteiger partial charge in [0.2, 0.25) is 0 Å². The molecule has 1 aromatic rings. The van der Waals surface area contributed by atoms with Gasteiger partial charge in [-0.15, -0.1) is 0 Å². The molecule has 0 spiro atoms. The third-order valence-corrected chi connectivity index (χ3v) is 4.52. The van der Waals surface area contributed by atoms with Gasteiger partial charge in [0.1, 0.15) is 5.75 Å². The summed E-state index contributed by atoms with van der Waals surface area (Å²) in [6, 6.07) is 7.19. The van der Waals surface area contributed by atoms with E-state index in [-0.39, 0.29) is 5.41 Å². The summed E-state index contributed by atoms with van der Waals surface area (Å²) in [4.78, 5) is 2.59. The van der Waals surface area contributed by atoms with Crippen LogP contribution in [0, 0.1) is 0 Å². The normalized spacial score (nSPS) is 17.7. The van der Waals surface area contributed by atoms with E-state index in [1.165, 1.54) is 37.1 Å². The fourth-order valence-corrected chi connectivity index (χ4v) is 3.39. The molecule has 124 valence electrons. The number of likely N-dealkylation sites (tertiary alicyclic amines) is 1. The van der Waals surface area contributed by atoms with Gasteiger partial charge in [-0.25, -0.2) is 0 Å². The minimum atomic E-state index is 0.0821. The molecule has 22 heavy (non-hydrogen) atoms. The van der Waals surface area contributed by atoms with Crippen molar-refractivity contribution in [1.29, 1.82) is 0 Å². The van der Waals surface area contributed by atoms with Crippen LogP contribution in [0.1, 0.15) is 64.1 Å². The Morgan fingerprint density at radius 2 is 1.91 bits per heavy atom. The van der Waals surface area contributed by atoms with Gasteiger partial charge in [-0.3, -0.25) is 4.90 Å². The van der Waals surface area contributed by atoms with Gasteiger partial charge in [0, 0.05) is 6.04 Å². The third-order valence-electron chi connectivity index (χ3n) is 4.52. The average Bonchev–Trinajstić information content (AvgIpc) is 2.98. The van der Waals surface area contributed by atoms with E-state index in [9.17, 15) is 0 Å². The van der Waals surface area contributed by atoms with E-state index in [0.717, 1.165) is 18.7 Å². The van der Waals surface area contributed by atoms with Gasteiger partial charge in [0.15, 0.2) is 0 Å². The lowest BCUT2D eigenvalue weighted by Gasteiger charge is -2.30. The maximum Gasteiger partial charge on any atom is 0.123 e. The van der Waals surface area contributed by atoms with Gasteiger partial charge >= 0.3 is 0 Å². The zero-order chi connectivity index (χ0) is 16.2. The molecule has 0 saturated carbocycles. The maximum atomic E-state index is 5.88. The minimum absolute atomic E-state index is 0.0821. The molecule has 1 aliphatic heterocycles. The van der Waals surface area contributed by atoms with Crippen molar-refractivity contribution in [1.82, 2.24) is 4.90 Å². The lowest BCUT2D eigenvalue weighted by atomic mass is 9.84. The van der Waals surface area contributed by atoms with Crippen molar-refractivity contribution in [2.45, 2.75) is 58.4 Å². The Morgan fingerprint density at radius 3 is 2.45 bits per heavy atom. The van der Waals surface area contributed by atoms with Gasteiger partial charge < -0.3 is 10.5 Å². The number of benzene rings is 1. The fraction of sp³-hybridized carbons (Fsp3) is 0.684. The first kappa shape index (κ1) is 17.3. The number of hydrogen-bond acceptors (Lipinski definition) is 3. The van der Waals surface area contributed by atoms with Crippen molar-refractivity contribution < 1.29 is 4.74 Å². The summed E-state index contributed by atoms with van der Waals surface area (Å²) in [6.07, 6.45) is 3.64. The topological polar surface area (TPSA) is 38.5 Å². The highest BCUT2D eigenvalue weighted by atomic mass is 16.5. The van der Waals surface area contributed by atoms with Crippen molar-refractivity contribution in [3.8, 4) is 5.75 Å². The first-order valence-electron chi connectivity index (χ1n) is 8.68. The SMILES string of the molecule is CCOc1ccc(C(CCN)N2CCCC2)cc1C(C)(C)C. The second-order valence-corrected chi connectivity index (χ2v) is 7.27. The number of ether oxygens (including phenoxy) is 1. The number of hydrogen-bond donors (Lipinski definition) is 1. The van der Waals surface area contributed by atoms with Crippen molar-refractivity contribution in [3.05, 3.63) is 29.3 Å². The molecule has 0 aliphatic carbocycles. The maximum absolute atomic E-state index is 5.88. The fourth-order valence-electron chi connectivity index (χ4n) is 3.39. The van der Waals surface area contributed by atoms with Gasteiger partial charge in [0.05, 0.1) is 6.61 Å². The van der Waals surface area contributed by atoms with E-state index in [1.54, 1.807) is 0 Å². The van der Waals surface area contributed by atoms with Crippen molar-refractivity contribution in [2.24, 2.45) is 5.73 Å². The molecule has 0 bridgehead atoms. The summed E-state index contributed by atoms with van der Waals surface area (Å²) in [5, 5.41) is 0. The third kappa shape index (κ3) is 4.02. The molecular weight excluding hydrogens is 272 g/mol. The molecule has 1 atom stereocenters. The zero-order valence-electron chi connectivity index (χ0n) is 14.7. The van der Waals surface area contributed by atoms with Crippen LogP contribution in [0.3, 0.4) is 0 Å². The molecule has 1 aliphatic rings. The quantitative estimate of drug-likeness (QED) is 0.867. The van der Waals surface area contributed by atoms with Crippen LogP contribution in [-0.2, 0) is 5.41 Å². The molecule has 1 heterocycles. The molecular formula is C19H32N2O. The van der Waals surface area contributed by atoms with Crippen LogP contribution >= 0.6 is 0 Å². The molecule has 0 aromatic heterocycles. The predicted octanol–water partition coefficient (Wildman–Crippen LogP) is 3.87. The van der Waals surface area contributed by atoms with E-state index in [4.69, 9.17) is 10.5 Å². The Kier molecular flexibility index (Phi) is 5.87. The first-order chi connectivity index (χ1) is 10.5. The van der Waals surface area contributed by atoms with Crippen molar-refractivity contribution in [3.63, 3.8) is 0 Å². The van der Waals surface area contributed by atoms with Crippen LogP contribution in [0.25, 0.3) is 0 Å². The lowest BCUT2D eigenvalue weighted by Crippen LogP contribution is -2.28. The van der Waals surface area contributed by atoms with E-state index in [2.05, 4.69) is 43.9 Å². The summed E-state index contributed by atoms with van der Waals surface area (Å²) in [6.45, 7) is 12.6. The summed E-state index contributed by atoms with van der Waals surface area (Å²) in [5.41, 5.74) is 8.66. The van der Waals surface area contributed by atoms with Crippen molar-refractivity contribution in [2.75, 3.05) is 26.2 Å². The van der Waals surface area contributed by atoms with Crippen LogP contribution in [0.2, 0.25) is 0 Å². The summed E-state index contributed by atoms with van der Waals surface area (Å²) < 4.78 is 5.85. The molecule has 1 saturated heterocycles. The van der Waals surface area contributed by atoms with Gasteiger partial charge in [-0.1, -0.05) is 26.8 Å². The second kappa shape index (κ2) is 7.47. The molecule has 2 N–H and O–H groups in total. The van der Waals surface area contributed by atoms with Gasteiger partial charge in [-0.2, -0.15) is 0 Å². The van der Waals surface area contributed by atoms with E-state index in [1.807, 2.05) is 6.92 Å². The molecule has 3 heteroatoms. The second-order valence-electron chi connectivity index (χ2n) is 7.27. The first-order valence-corrected chi connectivity index (χ1v) is 8.68. The molecule has 3 nitrogen and oxygen atoms in total. The molecule has 1 fully saturated rings. The molecule has 2 rings (SSSR count). The van der Waals surface area contributed by atoms with Crippen LogP contribution in [0.4, 0.5) is 0 Å². The van der Waals surface area contributed by atoms with Crippen LogP contribution in [-0.4, -0.2) is 31.1 Å². The Labute approximate surface area is 135 Å². The van der Waals surface area contributed by atoms with Gasteiger partial charge in [0.25, 0.3) is 0 Å². The van der Waals surface area contributed by atoms with E-state index in [0.29, 0.717) is 12.6 Å². The van der Waals surface area contributed by atoms with Crippen LogP contribution < -0.4 is 10.5 Å². The van der Waals surface area contributed by atoms with E-state index >= 15 is 0 Å². The standard InChI is InChI=1S/C19H32N2O/c1-5-22-18-9-8-15(14-16(18)19(2,3)4)17(10-11-20)21-12-6-7-13-21/h8-9,14,17H,5-7,10-13,20H2,1-4H3. The average molecular weight is 304 g/mol. The molecule has 0 amide bonds. The Morgan fingerprint density at radius 1 is 1.23 bits per heavy atom. The number of rotatable bonds is 6. The van der Waals surface area contributed by atoms with Gasteiger partial charge in [-0.05, 0) is 74.5 Å². The molecule has 1 unspecified atom stereocenters. The summed E-state index contributed by atoms with van der Waals surface area (Å²) in [7, 11) is 0. The largest absolute Gasteiger partial charge is 0.494 e. The van der Waals surface area contributed by atoms with Crippen LogP contribution in [0.5, 0.6) is 5.75 Å². The lowest BCUT2D eigenvalue weighted by molar-refractivity contribution is 0.235. The highest BCUT2D eigenvalue weighted by molar-refractivity contribution is 5.42. The number of nitrogens with two attached hydrogens (primary N) is 1. The van der Waals surface area contributed by atoms with Crippen molar-refractivity contribution >= 4 is 0 Å². The summed E-state index contributed by atoms with van der Waals surface area (Å²) >= 11 is 0. The Bertz CT molecular complexity index is 473. The Balaban J connectivity index is 2.36. The van der Waals surface area contributed by atoms with Crippen LogP contribution in [0.15, 0.2) is 18.2 Å².